The van der Waals surface area contributed by atoms with E-state index in [4.69, 9.17) is 5.11 Å². The third kappa shape index (κ3) is 3.24. The molecule has 4 nitrogen and oxygen atoms in total. The molecule has 0 saturated heterocycles. The van der Waals surface area contributed by atoms with Crippen LogP contribution in [0.4, 0.5) is 5.82 Å². The first-order chi connectivity index (χ1) is 8.19. The molecule has 0 aliphatic rings. The smallest absolute Gasteiger partial charge is 0.151 e. The maximum Gasteiger partial charge on any atom is 0.151 e. The number of hydrogen-bond acceptors (Lipinski definition) is 5. The molecule has 2 aromatic rings. The van der Waals surface area contributed by atoms with Gasteiger partial charge in [0.15, 0.2) is 5.82 Å². The Balaban J connectivity index is 2.06. The van der Waals surface area contributed by atoms with Gasteiger partial charge >= 0.3 is 0 Å². The molecule has 0 spiro atoms. The highest BCUT2D eigenvalue weighted by molar-refractivity contribution is 9.10. The number of hydrogen-bond donors (Lipinski definition) is 1. The lowest BCUT2D eigenvalue weighted by Gasteiger charge is -2.16. The average molecular weight is 314 g/mol. The minimum Gasteiger partial charge on any atom is -0.390 e. The van der Waals surface area contributed by atoms with E-state index in [1.807, 2.05) is 18.0 Å². The SMILES string of the molecule is CN(Cc1cc(Br)cs1)c1ccc(CO)nn1. The predicted octanol–water partition coefficient (Wildman–Crippen LogP) is 2.43. The molecular formula is C11H12BrN3OS. The van der Waals surface area contributed by atoms with Gasteiger partial charge in [-0.15, -0.1) is 16.4 Å². The Hall–Kier alpha value is -0.980. The topological polar surface area (TPSA) is 49.2 Å². The van der Waals surface area contributed by atoms with Crippen LogP contribution in [0.2, 0.25) is 0 Å². The van der Waals surface area contributed by atoms with Gasteiger partial charge in [-0.3, -0.25) is 0 Å². The summed E-state index contributed by atoms with van der Waals surface area (Å²) < 4.78 is 1.10. The van der Waals surface area contributed by atoms with Crippen LogP contribution in [0.3, 0.4) is 0 Å². The van der Waals surface area contributed by atoms with Gasteiger partial charge in [-0.25, -0.2) is 0 Å². The quantitative estimate of drug-likeness (QED) is 0.942. The number of thiophene rings is 1. The summed E-state index contributed by atoms with van der Waals surface area (Å²) >= 11 is 5.14. The molecule has 2 heterocycles. The summed E-state index contributed by atoms with van der Waals surface area (Å²) in [5, 5.41) is 18.9. The molecule has 0 radical (unpaired) electrons. The molecule has 2 rings (SSSR count). The van der Waals surface area contributed by atoms with Crippen molar-refractivity contribution in [2.45, 2.75) is 13.2 Å². The van der Waals surface area contributed by atoms with Crippen LogP contribution in [0.5, 0.6) is 0 Å². The lowest BCUT2D eigenvalue weighted by Crippen LogP contribution is -2.17. The molecule has 0 bridgehead atoms. The van der Waals surface area contributed by atoms with Crippen LogP contribution in [-0.4, -0.2) is 22.4 Å². The van der Waals surface area contributed by atoms with Crippen molar-refractivity contribution in [2.75, 3.05) is 11.9 Å². The second-order valence-corrected chi connectivity index (χ2v) is 5.54. The molecule has 17 heavy (non-hydrogen) atoms. The normalized spacial score (nSPS) is 10.5. The Bertz CT molecular complexity index is 486. The van der Waals surface area contributed by atoms with Gasteiger partial charge in [-0.05, 0) is 34.1 Å². The minimum absolute atomic E-state index is 0.0745. The van der Waals surface area contributed by atoms with Crippen LogP contribution in [0.1, 0.15) is 10.6 Å². The van der Waals surface area contributed by atoms with Crippen molar-refractivity contribution in [3.63, 3.8) is 0 Å². The Morgan fingerprint density at radius 2 is 2.24 bits per heavy atom. The summed E-state index contributed by atoms with van der Waals surface area (Å²) in [6.07, 6.45) is 0. The molecule has 0 fully saturated rings. The fraction of sp³-hybridized carbons (Fsp3) is 0.273. The molecule has 0 atom stereocenters. The second-order valence-electron chi connectivity index (χ2n) is 3.63. The number of nitrogens with zero attached hydrogens (tertiary/aromatic N) is 3. The van der Waals surface area contributed by atoms with E-state index in [1.54, 1.807) is 17.4 Å². The monoisotopic (exact) mass is 313 g/mol. The van der Waals surface area contributed by atoms with Gasteiger partial charge in [0.25, 0.3) is 0 Å². The van der Waals surface area contributed by atoms with Crippen LogP contribution in [0.25, 0.3) is 0 Å². The molecule has 0 aliphatic carbocycles. The first-order valence-corrected chi connectivity index (χ1v) is 6.74. The van der Waals surface area contributed by atoms with E-state index in [-0.39, 0.29) is 6.61 Å². The van der Waals surface area contributed by atoms with Gasteiger partial charge in [-0.1, -0.05) is 0 Å². The zero-order valence-corrected chi connectivity index (χ0v) is 11.7. The zero-order chi connectivity index (χ0) is 12.3. The highest BCUT2D eigenvalue weighted by Crippen LogP contribution is 2.22. The van der Waals surface area contributed by atoms with Gasteiger partial charge in [0.05, 0.1) is 18.8 Å². The van der Waals surface area contributed by atoms with E-state index in [0.717, 1.165) is 16.8 Å². The highest BCUT2D eigenvalue weighted by Gasteiger charge is 2.06. The summed E-state index contributed by atoms with van der Waals surface area (Å²) in [4.78, 5) is 3.28. The summed E-state index contributed by atoms with van der Waals surface area (Å²) in [7, 11) is 1.97. The van der Waals surface area contributed by atoms with E-state index < -0.39 is 0 Å². The standard InChI is InChI=1S/C11H12BrN3OS/c1-15(5-10-4-8(12)7-17-10)11-3-2-9(6-16)13-14-11/h2-4,7,16H,5-6H2,1H3. The third-order valence-corrected chi connectivity index (χ3v) is 3.96. The largest absolute Gasteiger partial charge is 0.390 e. The summed E-state index contributed by atoms with van der Waals surface area (Å²) in [5.74, 6) is 0.798. The zero-order valence-electron chi connectivity index (χ0n) is 9.30. The van der Waals surface area contributed by atoms with Crippen molar-refractivity contribution < 1.29 is 5.11 Å². The molecule has 0 aromatic carbocycles. The molecule has 0 amide bonds. The number of aromatic nitrogens is 2. The summed E-state index contributed by atoms with van der Waals surface area (Å²) in [6.45, 7) is 0.721. The molecular weight excluding hydrogens is 302 g/mol. The van der Waals surface area contributed by atoms with Crippen molar-refractivity contribution >= 4 is 33.1 Å². The number of aliphatic hydroxyl groups is 1. The predicted molar refractivity (Wildman–Crippen MR) is 72.1 cm³/mol. The summed E-state index contributed by atoms with van der Waals surface area (Å²) in [5.41, 5.74) is 0.584. The average Bonchev–Trinajstić information content (AvgIpc) is 2.75. The van der Waals surface area contributed by atoms with Gasteiger partial charge in [-0.2, -0.15) is 5.10 Å². The van der Waals surface area contributed by atoms with E-state index in [9.17, 15) is 0 Å². The van der Waals surface area contributed by atoms with Crippen molar-refractivity contribution in [3.8, 4) is 0 Å². The number of halogens is 1. The van der Waals surface area contributed by atoms with Crippen LogP contribution in [0.15, 0.2) is 28.1 Å². The maximum absolute atomic E-state index is 8.89. The van der Waals surface area contributed by atoms with Crippen LogP contribution in [-0.2, 0) is 13.2 Å². The van der Waals surface area contributed by atoms with Crippen LogP contribution < -0.4 is 4.90 Å². The number of aliphatic hydroxyl groups excluding tert-OH is 1. The number of anilines is 1. The van der Waals surface area contributed by atoms with Gasteiger partial charge < -0.3 is 10.0 Å². The Kier molecular flexibility index (Phi) is 4.09. The highest BCUT2D eigenvalue weighted by atomic mass is 79.9. The minimum atomic E-state index is -0.0745. The van der Waals surface area contributed by atoms with Gasteiger partial charge in [0.2, 0.25) is 0 Å². The first kappa shape index (κ1) is 12.5. The maximum atomic E-state index is 8.89. The fourth-order valence-electron chi connectivity index (χ4n) is 1.39. The van der Waals surface area contributed by atoms with Crippen LogP contribution in [0, 0.1) is 0 Å². The first-order valence-electron chi connectivity index (χ1n) is 5.06. The van der Waals surface area contributed by atoms with Crippen molar-refractivity contribution in [2.24, 2.45) is 0 Å². The molecule has 6 heteroatoms. The molecule has 0 saturated carbocycles. The lowest BCUT2D eigenvalue weighted by molar-refractivity contribution is 0.275. The van der Waals surface area contributed by atoms with E-state index >= 15 is 0 Å². The van der Waals surface area contributed by atoms with Crippen molar-refractivity contribution in [3.05, 3.63) is 38.6 Å². The van der Waals surface area contributed by atoms with Crippen LogP contribution >= 0.6 is 27.3 Å². The molecule has 0 aliphatic heterocycles. The summed E-state index contributed by atoms with van der Waals surface area (Å²) in [6, 6.07) is 5.74. The molecule has 2 aromatic heterocycles. The Morgan fingerprint density at radius 1 is 1.41 bits per heavy atom. The number of rotatable bonds is 4. The Morgan fingerprint density at radius 3 is 2.76 bits per heavy atom. The molecule has 1 N–H and O–H groups in total. The molecule has 0 unspecified atom stereocenters. The fourth-order valence-corrected chi connectivity index (χ4v) is 2.90. The Labute approximate surface area is 112 Å². The van der Waals surface area contributed by atoms with E-state index in [1.165, 1.54) is 4.88 Å². The third-order valence-electron chi connectivity index (χ3n) is 2.27. The van der Waals surface area contributed by atoms with E-state index in [0.29, 0.717) is 5.69 Å². The van der Waals surface area contributed by atoms with Crippen molar-refractivity contribution in [1.29, 1.82) is 0 Å². The lowest BCUT2D eigenvalue weighted by atomic mass is 10.3. The van der Waals surface area contributed by atoms with E-state index in [2.05, 4.69) is 37.6 Å². The molecule has 90 valence electrons. The van der Waals surface area contributed by atoms with Gasteiger partial charge in [0, 0.05) is 21.8 Å². The van der Waals surface area contributed by atoms with Gasteiger partial charge in [0.1, 0.15) is 0 Å². The van der Waals surface area contributed by atoms with Crippen molar-refractivity contribution in [1.82, 2.24) is 10.2 Å². The second kappa shape index (κ2) is 5.57.